The summed E-state index contributed by atoms with van der Waals surface area (Å²) in [5, 5.41) is 6.16. The van der Waals surface area contributed by atoms with E-state index in [1.165, 1.54) is 11.1 Å². The molecular formula is C21H29N3O2. The van der Waals surface area contributed by atoms with Gasteiger partial charge in [0, 0.05) is 26.1 Å². The predicted molar refractivity (Wildman–Crippen MR) is 106 cm³/mol. The van der Waals surface area contributed by atoms with Crippen molar-refractivity contribution in [3.63, 3.8) is 0 Å². The lowest BCUT2D eigenvalue weighted by Gasteiger charge is -2.13. The van der Waals surface area contributed by atoms with Crippen molar-refractivity contribution in [3.8, 4) is 5.75 Å². The van der Waals surface area contributed by atoms with Gasteiger partial charge in [-0.3, -0.25) is 4.79 Å². The molecular weight excluding hydrogens is 326 g/mol. The molecule has 0 saturated carbocycles. The first kappa shape index (κ1) is 19.9. The summed E-state index contributed by atoms with van der Waals surface area (Å²) in [6.45, 7) is 3.10. The van der Waals surface area contributed by atoms with Crippen molar-refractivity contribution >= 4 is 5.91 Å². The smallest absolute Gasteiger partial charge is 0.234 e. The van der Waals surface area contributed by atoms with Crippen LogP contribution in [0.5, 0.6) is 5.75 Å². The van der Waals surface area contributed by atoms with E-state index in [4.69, 9.17) is 4.74 Å². The number of rotatable bonds is 11. The van der Waals surface area contributed by atoms with Gasteiger partial charge < -0.3 is 20.3 Å². The topological polar surface area (TPSA) is 53.6 Å². The van der Waals surface area contributed by atoms with Gasteiger partial charge in [0.2, 0.25) is 5.91 Å². The van der Waals surface area contributed by atoms with E-state index in [-0.39, 0.29) is 5.91 Å². The molecule has 0 aliphatic rings. The second-order valence-electron chi connectivity index (χ2n) is 6.46. The zero-order chi connectivity index (χ0) is 18.6. The van der Waals surface area contributed by atoms with Gasteiger partial charge in [-0.05, 0) is 31.3 Å². The van der Waals surface area contributed by atoms with Gasteiger partial charge in [0.1, 0.15) is 12.4 Å². The molecule has 0 bridgehead atoms. The molecule has 0 heterocycles. The van der Waals surface area contributed by atoms with E-state index >= 15 is 0 Å². The van der Waals surface area contributed by atoms with Crippen LogP contribution in [0, 0.1) is 0 Å². The molecule has 0 aromatic heterocycles. The SMILES string of the molecule is CN(C)CC(=O)NCCNCCOc1ccccc1Cc1ccccc1. The van der Waals surface area contributed by atoms with Gasteiger partial charge >= 0.3 is 0 Å². The third-order valence-electron chi connectivity index (χ3n) is 3.83. The van der Waals surface area contributed by atoms with E-state index in [1.54, 1.807) is 0 Å². The maximum Gasteiger partial charge on any atom is 0.234 e. The second-order valence-corrected chi connectivity index (χ2v) is 6.46. The number of benzene rings is 2. The van der Waals surface area contributed by atoms with Crippen LogP contribution >= 0.6 is 0 Å². The van der Waals surface area contributed by atoms with Gasteiger partial charge in [0.25, 0.3) is 0 Å². The first-order valence-corrected chi connectivity index (χ1v) is 9.02. The molecule has 0 spiro atoms. The minimum atomic E-state index is 0.0443. The largest absolute Gasteiger partial charge is 0.492 e. The fourth-order valence-corrected chi connectivity index (χ4v) is 2.60. The van der Waals surface area contributed by atoms with E-state index in [0.717, 1.165) is 25.3 Å². The Hall–Kier alpha value is -2.37. The summed E-state index contributed by atoms with van der Waals surface area (Å²) in [5.74, 6) is 0.973. The Labute approximate surface area is 156 Å². The van der Waals surface area contributed by atoms with Gasteiger partial charge in [0.05, 0.1) is 6.54 Å². The summed E-state index contributed by atoms with van der Waals surface area (Å²) >= 11 is 0. The molecule has 0 aliphatic heterocycles. The average Bonchev–Trinajstić information content (AvgIpc) is 2.62. The lowest BCUT2D eigenvalue weighted by atomic mass is 10.0. The van der Waals surface area contributed by atoms with Crippen LogP contribution in [-0.4, -0.2) is 57.7 Å². The van der Waals surface area contributed by atoms with Gasteiger partial charge in [-0.2, -0.15) is 0 Å². The number of para-hydroxylation sites is 1. The van der Waals surface area contributed by atoms with Crippen molar-refractivity contribution in [3.05, 3.63) is 65.7 Å². The summed E-state index contributed by atoms with van der Waals surface area (Å²) < 4.78 is 5.93. The molecule has 140 valence electrons. The van der Waals surface area contributed by atoms with Crippen LogP contribution in [0.4, 0.5) is 0 Å². The number of hydrogen-bond acceptors (Lipinski definition) is 4. The van der Waals surface area contributed by atoms with Gasteiger partial charge in [-0.25, -0.2) is 0 Å². The van der Waals surface area contributed by atoms with Crippen molar-refractivity contribution in [2.24, 2.45) is 0 Å². The molecule has 2 N–H and O–H groups in total. The molecule has 0 atom stereocenters. The zero-order valence-corrected chi connectivity index (χ0v) is 15.7. The lowest BCUT2D eigenvalue weighted by molar-refractivity contribution is -0.121. The fourth-order valence-electron chi connectivity index (χ4n) is 2.60. The molecule has 1 amide bonds. The van der Waals surface area contributed by atoms with E-state index in [1.807, 2.05) is 43.3 Å². The molecule has 0 radical (unpaired) electrons. The maximum absolute atomic E-state index is 11.5. The first-order chi connectivity index (χ1) is 12.6. The van der Waals surface area contributed by atoms with E-state index in [9.17, 15) is 4.79 Å². The van der Waals surface area contributed by atoms with E-state index in [0.29, 0.717) is 19.7 Å². The van der Waals surface area contributed by atoms with Crippen LogP contribution in [0.25, 0.3) is 0 Å². The summed E-state index contributed by atoms with van der Waals surface area (Å²) in [6, 6.07) is 18.6. The quantitative estimate of drug-likeness (QED) is 0.605. The van der Waals surface area contributed by atoms with Crippen LogP contribution < -0.4 is 15.4 Å². The number of likely N-dealkylation sites (N-methyl/N-ethyl adjacent to an activating group) is 1. The Kier molecular flexibility index (Phi) is 8.66. The molecule has 0 unspecified atom stereocenters. The molecule has 2 aromatic rings. The molecule has 0 aliphatic carbocycles. The summed E-state index contributed by atoms with van der Waals surface area (Å²) in [4.78, 5) is 13.4. The van der Waals surface area contributed by atoms with Crippen molar-refractivity contribution in [1.29, 1.82) is 0 Å². The minimum Gasteiger partial charge on any atom is -0.492 e. The van der Waals surface area contributed by atoms with Crippen molar-refractivity contribution in [1.82, 2.24) is 15.5 Å². The van der Waals surface area contributed by atoms with Crippen molar-refractivity contribution < 1.29 is 9.53 Å². The highest BCUT2D eigenvalue weighted by Crippen LogP contribution is 2.21. The Morgan fingerprint density at radius 1 is 0.962 bits per heavy atom. The fraction of sp³-hybridized carbons (Fsp3) is 0.381. The minimum absolute atomic E-state index is 0.0443. The molecule has 0 saturated heterocycles. The van der Waals surface area contributed by atoms with Gasteiger partial charge in [-0.15, -0.1) is 0 Å². The highest BCUT2D eigenvalue weighted by atomic mass is 16.5. The third-order valence-corrected chi connectivity index (χ3v) is 3.83. The number of carbonyl (C=O) groups excluding carboxylic acids is 1. The van der Waals surface area contributed by atoms with Crippen LogP contribution in [0.15, 0.2) is 54.6 Å². The Morgan fingerprint density at radius 3 is 2.46 bits per heavy atom. The summed E-state index contributed by atoms with van der Waals surface area (Å²) in [7, 11) is 3.76. The summed E-state index contributed by atoms with van der Waals surface area (Å²) in [6.07, 6.45) is 0.863. The van der Waals surface area contributed by atoms with Crippen LogP contribution in [0.1, 0.15) is 11.1 Å². The van der Waals surface area contributed by atoms with E-state index in [2.05, 4.69) is 41.0 Å². The normalized spacial score (nSPS) is 10.7. The van der Waals surface area contributed by atoms with Crippen LogP contribution in [0.3, 0.4) is 0 Å². The third kappa shape index (κ3) is 7.68. The Morgan fingerprint density at radius 2 is 1.69 bits per heavy atom. The number of nitrogens with one attached hydrogen (secondary N) is 2. The first-order valence-electron chi connectivity index (χ1n) is 9.02. The molecule has 2 aromatic carbocycles. The molecule has 5 nitrogen and oxygen atoms in total. The Bertz CT molecular complexity index is 659. The standard InChI is InChI=1S/C21H29N3O2/c1-24(2)17-21(25)23-13-12-22-14-15-26-20-11-7-6-10-19(20)16-18-8-4-3-5-9-18/h3-11,22H,12-17H2,1-2H3,(H,23,25). The second kappa shape index (κ2) is 11.3. The van der Waals surface area contributed by atoms with Gasteiger partial charge in [0.15, 0.2) is 0 Å². The maximum atomic E-state index is 11.5. The number of nitrogens with zero attached hydrogens (tertiary/aromatic N) is 1. The number of amides is 1. The molecule has 26 heavy (non-hydrogen) atoms. The molecule has 5 heteroatoms. The molecule has 2 rings (SSSR count). The van der Waals surface area contributed by atoms with Gasteiger partial charge in [-0.1, -0.05) is 48.5 Å². The molecule has 0 fully saturated rings. The average molecular weight is 355 g/mol. The monoisotopic (exact) mass is 355 g/mol. The van der Waals surface area contributed by atoms with Crippen LogP contribution in [-0.2, 0) is 11.2 Å². The summed E-state index contributed by atoms with van der Waals surface area (Å²) in [5.41, 5.74) is 2.46. The predicted octanol–water partition coefficient (Wildman–Crippen LogP) is 1.92. The lowest BCUT2D eigenvalue weighted by Crippen LogP contribution is -2.37. The van der Waals surface area contributed by atoms with Crippen molar-refractivity contribution in [2.75, 3.05) is 46.9 Å². The number of hydrogen-bond donors (Lipinski definition) is 2. The Balaban J connectivity index is 1.66. The highest BCUT2D eigenvalue weighted by molar-refractivity contribution is 5.77. The highest BCUT2D eigenvalue weighted by Gasteiger charge is 2.04. The van der Waals surface area contributed by atoms with Crippen molar-refractivity contribution in [2.45, 2.75) is 6.42 Å². The number of ether oxygens (including phenoxy) is 1. The van der Waals surface area contributed by atoms with E-state index < -0.39 is 0 Å². The zero-order valence-electron chi connectivity index (χ0n) is 15.7. The number of carbonyl (C=O) groups is 1. The van der Waals surface area contributed by atoms with Crippen LogP contribution in [0.2, 0.25) is 0 Å².